The highest BCUT2D eigenvalue weighted by molar-refractivity contribution is 5.85. The molecule has 0 unspecified atom stereocenters. The van der Waals surface area contributed by atoms with Crippen molar-refractivity contribution in [3.8, 4) is 0 Å². The number of carbonyl (C=O) groups excluding carboxylic acids is 1. The third-order valence-corrected chi connectivity index (χ3v) is 4.93. The van der Waals surface area contributed by atoms with Gasteiger partial charge in [0.25, 0.3) is 0 Å². The zero-order valence-electron chi connectivity index (χ0n) is 16.1. The Bertz CT molecular complexity index is 422. The molecule has 1 amide bonds. The average Bonchev–Trinajstić information content (AvgIpc) is 3.07. The molecule has 0 spiro atoms. The summed E-state index contributed by atoms with van der Waals surface area (Å²) in [5.41, 5.74) is 0. The van der Waals surface area contributed by atoms with E-state index >= 15 is 0 Å². The molecule has 0 bridgehead atoms. The highest BCUT2D eigenvalue weighted by Gasteiger charge is 2.17. The molecule has 0 aromatic carbocycles. The van der Waals surface area contributed by atoms with Crippen LogP contribution in [0.1, 0.15) is 32.6 Å². The molecule has 2 fully saturated rings. The monoisotopic (exact) mass is 352 g/mol. The lowest BCUT2D eigenvalue weighted by Gasteiger charge is -2.20. The van der Waals surface area contributed by atoms with Crippen molar-refractivity contribution in [2.75, 3.05) is 72.5 Å². The second-order valence-corrected chi connectivity index (χ2v) is 7.06. The Kier molecular flexibility index (Phi) is 9.04. The highest BCUT2D eigenvalue weighted by atomic mass is 16.2. The first-order chi connectivity index (χ1) is 12.2. The van der Waals surface area contributed by atoms with Crippen LogP contribution in [0.15, 0.2) is 4.99 Å². The third kappa shape index (κ3) is 7.61. The van der Waals surface area contributed by atoms with Crippen molar-refractivity contribution in [2.24, 2.45) is 4.99 Å². The fourth-order valence-corrected chi connectivity index (χ4v) is 3.39. The number of carbonyl (C=O) groups is 1. The van der Waals surface area contributed by atoms with Crippen LogP contribution in [-0.4, -0.2) is 99.1 Å². The van der Waals surface area contributed by atoms with Crippen LogP contribution in [0.4, 0.5) is 0 Å². The van der Waals surface area contributed by atoms with Crippen molar-refractivity contribution >= 4 is 11.9 Å². The molecule has 2 heterocycles. The van der Waals surface area contributed by atoms with Crippen LogP contribution < -0.4 is 10.6 Å². The van der Waals surface area contributed by atoms with Crippen molar-refractivity contribution in [3.05, 3.63) is 0 Å². The van der Waals surface area contributed by atoms with Crippen LogP contribution in [-0.2, 0) is 4.79 Å². The van der Waals surface area contributed by atoms with E-state index in [-0.39, 0.29) is 12.5 Å². The SMILES string of the molecule is CCNC(=NCC(=O)N1CCCC1)NCCCN1CCCN(C)CC1. The number of guanidine groups is 1. The van der Waals surface area contributed by atoms with Gasteiger partial charge in [0.2, 0.25) is 5.91 Å². The normalized spacial score (nSPS) is 20.6. The van der Waals surface area contributed by atoms with Crippen LogP contribution in [0.5, 0.6) is 0 Å². The summed E-state index contributed by atoms with van der Waals surface area (Å²) in [4.78, 5) is 23.4. The Labute approximate surface area is 152 Å². The van der Waals surface area contributed by atoms with E-state index in [0.29, 0.717) is 0 Å². The number of rotatable bonds is 7. The van der Waals surface area contributed by atoms with Crippen LogP contribution in [0.25, 0.3) is 0 Å². The van der Waals surface area contributed by atoms with Crippen molar-refractivity contribution < 1.29 is 4.79 Å². The molecule has 2 N–H and O–H groups in total. The molecule has 2 rings (SSSR count). The molecule has 2 aliphatic rings. The van der Waals surface area contributed by atoms with E-state index in [4.69, 9.17) is 0 Å². The number of hydrogen-bond acceptors (Lipinski definition) is 4. The maximum atomic E-state index is 12.1. The molecule has 2 saturated heterocycles. The van der Waals surface area contributed by atoms with Gasteiger partial charge in [-0.15, -0.1) is 0 Å². The Morgan fingerprint density at radius 1 is 1.00 bits per heavy atom. The fourth-order valence-electron chi connectivity index (χ4n) is 3.39. The van der Waals surface area contributed by atoms with Gasteiger partial charge in [0.15, 0.2) is 5.96 Å². The van der Waals surface area contributed by atoms with Gasteiger partial charge in [-0.05, 0) is 59.3 Å². The smallest absolute Gasteiger partial charge is 0.244 e. The van der Waals surface area contributed by atoms with Crippen molar-refractivity contribution in [3.63, 3.8) is 0 Å². The number of hydrogen-bond donors (Lipinski definition) is 2. The average molecular weight is 353 g/mol. The predicted molar refractivity (Wildman–Crippen MR) is 103 cm³/mol. The standard InChI is InChI=1S/C18H36N6O/c1-3-19-18(21-16-17(25)24-12-4-5-13-24)20-8-6-10-23-11-7-9-22(2)14-15-23/h3-16H2,1-2H3,(H2,19,20,21). The third-order valence-electron chi connectivity index (χ3n) is 4.93. The quantitative estimate of drug-likeness (QED) is 0.389. The van der Waals surface area contributed by atoms with E-state index in [0.717, 1.165) is 71.0 Å². The van der Waals surface area contributed by atoms with E-state index in [1.54, 1.807) is 0 Å². The van der Waals surface area contributed by atoms with E-state index in [9.17, 15) is 4.79 Å². The zero-order valence-corrected chi connectivity index (χ0v) is 16.1. The van der Waals surface area contributed by atoms with Crippen LogP contribution in [0.2, 0.25) is 0 Å². The first-order valence-corrected chi connectivity index (χ1v) is 9.90. The molecule has 0 atom stereocenters. The van der Waals surface area contributed by atoms with Crippen molar-refractivity contribution in [1.82, 2.24) is 25.3 Å². The van der Waals surface area contributed by atoms with Gasteiger partial charge in [-0.3, -0.25) is 4.79 Å². The van der Waals surface area contributed by atoms with Crippen LogP contribution in [0.3, 0.4) is 0 Å². The molecule has 0 aliphatic carbocycles. The number of amides is 1. The van der Waals surface area contributed by atoms with Crippen LogP contribution in [0, 0.1) is 0 Å². The maximum Gasteiger partial charge on any atom is 0.244 e. The first-order valence-electron chi connectivity index (χ1n) is 9.90. The molecule has 25 heavy (non-hydrogen) atoms. The minimum Gasteiger partial charge on any atom is -0.357 e. The number of likely N-dealkylation sites (N-methyl/N-ethyl adjacent to an activating group) is 1. The number of nitrogens with zero attached hydrogens (tertiary/aromatic N) is 4. The Morgan fingerprint density at radius 2 is 1.80 bits per heavy atom. The summed E-state index contributed by atoms with van der Waals surface area (Å²) < 4.78 is 0. The van der Waals surface area contributed by atoms with E-state index in [2.05, 4.69) is 32.5 Å². The first kappa shape index (κ1) is 20.0. The Morgan fingerprint density at radius 3 is 2.56 bits per heavy atom. The molecule has 0 saturated carbocycles. The summed E-state index contributed by atoms with van der Waals surface area (Å²) in [6.07, 6.45) is 4.60. The lowest BCUT2D eigenvalue weighted by atomic mass is 10.3. The molecule has 7 nitrogen and oxygen atoms in total. The Balaban J connectivity index is 1.66. The predicted octanol–water partition coefficient (Wildman–Crippen LogP) is 0.192. The van der Waals surface area contributed by atoms with Gasteiger partial charge in [-0.2, -0.15) is 0 Å². The van der Waals surface area contributed by atoms with Gasteiger partial charge in [-0.25, -0.2) is 4.99 Å². The zero-order chi connectivity index (χ0) is 17.9. The minimum atomic E-state index is 0.142. The molecule has 144 valence electrons. The largest absolute Gasteiger partial charge is 0.357 e. The van der Waals surface area contributed by atoms with Gasteiger partial charge >= 0.3 is 0 Å². The molecule has 2 aliphatic heterocycles. The van der Waals surface area contributed by atoms with Gasteiger partial charge in [-0.1, -0.05) is 0 Å². The van der Waals surface area contributed by atoms with Crippen molar-refractivity contribution in [1.29, 1.82) is 0 Å². The number of likely N-dealkylation sites (tertiary alicyclic amines) is 1. The molecular weight excluding hydrogens is 316 g/mol. The molecular formula is C18H36N6O. The Hall–Kier alpha value is -1.34. The van der Waals surface area contributed by atoms with E-state index < -0.39 is 0 Å². The molecule has 0 radical (unpaired) electrons. The highest BCUT2D eigenvalue weighted by Crippen LogP contribution is 2.07. The fraction of sp³-hybridized carbons (Fsp3) is 0.889. The minimum absolute atomic E-state index is 0.142. The lowest BCUT2D eigenvalue weighted by molar-refractivity contribution is -0.128. The second-order valence-electron chi connectivity index (χ2n) is 7.06. The summed E-state index contributed by atoms with van der Waals surface area (Å²) in [6, 6.07) is 0. The summed E-state index contributed by atoms with van der Waals surface area (Å²) in [5, 5.41) is 6.59. The second kappa shape index (κ2) is 11.3. The van der Waals surface area contributed by atoms with E-state index in [1.807, 2.05) is 11.8 Å². The van der Waals surface area contributed by atoms with Gasteiger partial charge in [0.05, 0.1) is 0 Å². The van der Waals surface area contributed by atoms with Crippen molar-refractivity contribution in [2.45, 2.75) is 32.6 Å². The van der Waals surface area contributed by atoms with Gasteiger partial charge in [0.1, 0.15) is 6.54 Å². The summed E-state index contributed by atoms with van der Waals surface area (Å²) in [5.74, 6) is 0.897. The maximum absolute atomic E-state index is 12.1. The van der Waals surface area contributed by atoms with Gasteiger partial charge < -0.3 is 25.3 Å². The van der Waals surface area contributed by atoms with Gasteiger partial charge in [0, 0.05) is 39.3 Å². The number of aliphatic imine (C=N–C) groups is 1. The summed E-state index contributed by atoms with van der Waals surface area (Å²) in [7, 11) is 2.20. The lowest BCUT2D eigenvalue weighted by Crippen LogP contribution is -2.40. The molecule has 0 aromatic rings. The topological polar surface area (TPSA) is 63.2 Å². The number of nitrogens with one attached hydrogen (secondary N) is 2. The molecule has 0 aromatic heterocycles. The van der Waals surface area contributed by atoms with Crippen LogP contribution >= 0.6 is 0 Å². The summed E-state index contributed by atoms with van der Waals surface area (Å²) >= 11 is 0. The molecule has 7 heteroatoms. The summed E-state index contributed by atoms with van der Waals surface area (Å²) in [6.45, 7) is 11.6. The van der Waals surface area contributed by atoms with E-state index in [1.165, 1.54) is 19.5 Å².